The molecule has 0 fully saturated rings. The summed E-state index contributed by atoms with van der Waals surface area (Å²) in [6.45, 7) is 6.85. The van der Waals surface area contributed by atoms with Crippen LogP contribution in [-0.4, -0.2) is 38.1 Å². The van der Waals surface area contributed by atoms with Gasteiger partial charge in [0.05, 0.1) is 6.04 Å². The van der Waals surface area contributed by atoms with Crippen LogP contribution in [0.2, 0.25) is 0 Å². The molecule has 0 radical (unpaired) electrons. The van der Waals surface area contributed by atoms with Crippen LogP contribution in [0.4, 0.5) is 0 Å². The molecule has 2 aromatic carbocycles. The van der Waals surface area contributed by atoms with Gasteiger partial charge in [-0.2, -0.15) is 0 Å². The van der Waals surface area contributed by atoms with E-state index in [0.717, 1.165) is 16.9 Å². The largest absolute Gasteiger partial charge is 0.483 e. The normalized spacial score (nSPS) is 12.3. The van der Waals surface area contributed by atoms with E-state index in [0.29, 0.717) is 12.5 Å². The Balaban J connectivity index is 1.94. The predicted molar refractivity (Wildman–Crippen MR) is 107 cm³/mol. The third-order valence-electron chi connectivity index (χ3n) is 4.45. The van der Waals surface area contributed by atoms with Crippen LogP contribution >= 0.6 is 0 Å². The Morgan fingerprint density at radius 3 is 2.42 bits per heavy atom. The number of carbonyl (C=O) groups is 1. The summed E-state index contributed by atoms with van der Waals surface area (Å²) in [6, 6.07) is 16.5. The van der Waals surface area contributed by atoms with E-state index >= 15 is 0 Å². The zero-order chi connectivity index (χ0) is 19.1. The van der Waals surface area contributed by atoms with Gasteiger partial charge in [-0.1, -0.05) is 56.3 Å². The maximum absolute atomic E-state index is 12.3. The Morgan fingerprint density at radius 2 is 1.81 bits per heavy atom. The smallest absolute Gasteiger partial charge is 0.258 e. The number of nitrogens with zero attached hydrogens (tertiary/aromatic N) is 1. The van der Waals surface area contributed by atoms with E-state index < -0.39 is 0 Å². The zero-order valence-electron chi connectivity index (χ0n) is 16.5. The molecule has 0 aliphatic carbocycles. The summed E-state index contributed by atoms with van der Waals surface area (Å²) in [5, 5.41) is 2.99. The molecule has 1 atom stereocenters. The Labute approximate surface area is 157 Å². The minimum Gasteiger partial charge on any atom is -0.483 e. The van der Waals surface area contributed by atoms with Crippen LogP contribution in [0.25, 0.3) is 0 Å². The van der Waals surface area contributed by atoms with Gasteiger partial charge >= 0.3 is 0 Å². The van der Waals surface area contributed by atoms with Gasteiger partial charge in [0, 0.05) is 6.54 Å². The van der Waals surface area contributed by atoms with E-state index in [-0.39, 0.29) is 18.6 Å². The summed E-state index contributed by atoms with van der Waals surface area (Å²) in [6.07, 6.45) is 0. The van der Waals surface area contributed by atoms with Crippen LogP contribution in [0.15, 0.2) is 48.5 Å². The number of rotatable bonds is 8. The molecule has 140 valence electrons. The standard InChI is InChI=1S/C22H30N2O2/c1-16(2)19-12-11-17(3)13-21(19)26-15-22(25)23-14-20(24(4)5)18-9-7-6-8-10-18/h6-13,16,20H,14-15H2,1-5H3,(H,23,25)/t20-/m1/s1. The number of carbonyl (C=O) groups excluding carboxylic acids is 1. The topological polar surface area (TPSA) is 41.6 Å². The maximum Gasteiger partial charge on any atom is 0.258 e. The Bertz CT molecular complexity index is 711. The molecule has 0 saturated heterocycles. The first-order valence-electron chi connectivity index (χ1n) is 9.10. The summed E-state index contributed by atoms with van der Waals surface area (Å²) in [5.41, 5.74) is 3.43. The fourth-order valence-corrected chi connectivity index (χ4v) is 2.92. The van der Waals surface area contributed by atoms with E-state index in [4.69, 9.17) is 4.74 Å². The Morgan fingerprint density at radius 1 is 1.12 bits per heavy atom. The lowest BCUT2D eigenvalue weighted by Gasteiger charge is -2.25. The molecule has 1 amide bonds. The zero-order valence-corrected chi connectivity index (χ0v) is 16.5. The van der Waals surface area contributed by atoms with Gasteiger partial charge in [-0.3, -0.25) is 4.79 Å². The van der Waals surface area contributed by atoms with E-state index in [1.807, 2.05) is 45.3 Å². The molecule has 2 rings (SSSR count). The molecule has 0 spiro atoms. The first-order valence-corrected chi connectivity index (χ1v) is 9.10. The number of hydrogen-bond acceptors (Lipinski definition) is 3. The number of hydrogen-bond donors (Lipinski definition) is 1. The van der Waals surface area contributed by atoms with Gasteiger partial charge in [0.25, 0.3) is 5.91 Å². The quantitative estimate of drug-likeness (QED) is 0.781. The minimum absolute atomic E-state index is 0.0259. The van der Waals surface area contributed by atoms with Crippen LogP contribution in [-0.2, 0) is 4.79 Å². The van der Waals surface area contributed by atoms with Crippen molar-refractivity contribution in [1.29, 1.82) is 0 Å². The third kappa shape index (κ3) is 5.60. The van der Waals surface area contributed by atoms with Crippen molar-refractivity contribution in [2.24, 2.45) is 0 Å². The van der Waals surface area contributed by atoms with Crippen molar-refractivity contribution in [2.45, 2.75) is 32.7 Å². The van der Waals surface area contributed by atoms with Gasteiger partial charge in [0.2, 0.25) is 0 Å². The van der Waals surface area contributed by atoms with E-state index in [1.54, 1.807) is 0 Å². The number of aryl methyl sites for hydroxylation is 1. The van der Waals surface area contributed by atoms with Crippen molar-refractivity contribution in [2.75, 3.05) is 27.2 Å². The monoisotopic (exact) mass is 354 g/mol. The average Bonchev–Trinajstić information content (AvgIpc) is 2.60. The molecule has 0 bridgehead atoms. The van der Waals surface area contributed by atoms with Crippen LogP contribution < -0.4 is 10.1 Å². The molecule has 2 aromatic rings. The molecular formula is C22H30N2O2. The molecule has 1 N–H and O–H groups in total. The molecule has 0 aliphatic rings. The van der Waals surface area contributed by atoms with Gasteiger partial charge in [0.15, 0.2) is 6.61 Å². The van der Waals surface area contributed by atoms with Crippen LogP contribution in [0.5, 0.6) is 5.75 Å². The molecule has 26 heavy (non-hydrogen) atoms. The lowest BCUT2D eigenvalue weighted by molar-refractivity contribution is -0.123. The van der Waals surface area contributed by atoms with E-state index in [2.05, 4.69) is 48.3 Å². The Hall–Kier alpha value is -2.33. The van der Waals surface area contributed by atoms with Gasteiger partial charge in [-0.05, 0) is 49.7 Å². The predicted octanol–water partition coefficient (Wildman–Crippen LogP) is 3.92. The molecular weight excluding hydrogens is 324 g/mol. The summed E-state index contributed by atoms with van der Waals surface area (Å²) in [5.74, 6) is 1.04. The first kappa shape index (κ1) is 20.0. The summed E-state index contributed by atoms with van der Waals surface area (Å²) in [4.78, 5) is 14.4. The second-order valence-corrected chi connectivity index (χ2v) is 7.18. The number of likely N-dealkylation sites (N-methyl/N-ethyl adjacent to an activating group) is 1. The van der Waals surface area contributed by atoms with Crippen LogP contribution in [0.3, 0.4) is 0 Å². The number of amides is 1. The highest BCUT2D eigenvalue weighted by atomic mass is 16.5. The second kappa shape index (κ2) is 9.39. The summed E-state index contributed by atoms with van der Waals surface area (Å²) < 4.78 is 5.81. The molecule has 0 saturated carbocycles. The highest BCUT2D eigenvalue weighted by Gasteiger charge is 2.16. The second-order valence-electron chi connectivity index (χ2n) is 7.18. The van der Waals surface area contributed by atoms with Crippen LogP contribution in [0.1, 0.15) is 42.5 Å². The number of benzene rings is 2. The average molecular weight is 354 g/mol. The Kier molecular flexibility index (Phi) is 7.22. The fraction of sp³-hybridized carbons (Fsp3) is 0.409. The van der Waals surface area contributed by atoms with Crippen molar-refractivity contribution in [3.05, 3.63) is 65.2 Å². The third-order valence-corrected chi connectivity index (χ3v) is 4.45. The van der Waals surface area contributed by atoms with Crippen molar-refractivity contribution in [3.8, 4) is 5.75 Å². The fourth-order valence-electron chi connectivity index (χ4n) is 2.92. The molecule has 4 heteroatoms. The molecule has 4 nitrogen and oxygen atoms in total. The van der Waals surface area contributed by atoms with Gasteiger partial charge in [-0.15, -0.1) is 0 Å². The molecule has 0 aliphatic heterocycles. The van der Waals surface area contributed by atoms with Gasteiger partial charge in [0.1, 0.15) is 5.75 Å². The molecule has 0 aromatic heterocycles. The van der Waals surface area contributed by atoms with E-state index in [9.17, 15) is 4.79 Å². The van der Waals surface area contributed by atoms with Crippen molar-refractivity contribution in [3.63, 3.8) is 0 Å². The minimum atomic E-state index is -0.107. The van der Waals surface area contributed by atoms with Gasteiger partial charge < -0.3 is 15.0 Å². The molecule has 0 heterocycles. The van der Waals surface area contributed by atoms with Crippen molar-refractivity contribution < 1.29 is 9.53 Å². The summed E-state index contributed by atoms with van der Waals surface area (Å²) >= 11 is 0. The van der Waals surface area contributed by atoms with E-state index in [1.165, 1.54) is 5.56 Å². The van der Waals surface area contributed by atoms with Crippen molar-refractivity contribution >= 4 is 5.91 Å². The van der Waals surface area contributed by atoms with Crippen LogP contribution in [0, 0.1) is 6.92 Å². The highest BCUT2D eigenvalue weighted by Crippen LogP contribution is 2.27. The number of nitrogens with one attached hydrogen (secondary N) is 1. The maximum atomic E-state index is 12.3. The highest BCUT2D eigenvalue weighted by molar-refractivity contribution is 5.77. The molecule has 0 unspecified atom stereocenters. The lowest BCUT2D eigenvalue weighted by Crippen LogP contribution is -2.36. The van der Waals surface area contributed by atoms with Gasteiger partial charge in [-0.25, -0.2) is 0 Å². The first-order chi connectivity index (χ1) is 12.4. The number of ether oxygens (including phenoxy) is 1. The van der Waals surface area contributed by atoms with Crippen molar-refractivity contribution in [1.82, 2.24) is 10.2 Å². The summed E-state index contributed by atoms with van der Waals surface area (Å²) in [7, 11) is 4.03. The lowest BCUT2D eigenvalue weighted by atomic mass is 10.0. The SMILES string of the molecule is Cc1ccc(C(C)C)c(OCC(=O)NC[C@H](c2ccccc2)N(C)C)c1.